The Morgan fingerprint density at radius 1 is 1.40 bits per heavy atom. The third-order valence-corrected chi connectivity index (χ3v) is 3.15. The summed E-state index contributed by atoms with van der Waals surface area (Å²) < 4.78 is 40.0. The summed E-state index contributed by atoms with van der Waals surface area (Å²) in [5, 5.41) is 0. The van der Waals surface area contributed by atoms with Crippen LogP contribution in [0.15, 0.2) is 18.2 Å². The maximum absolute atomic E-state index is 13.5. The van der Waals surface area contributed by atoms with E-state index in [-0.39, 0.29) is 18.5 Å². The minimum atomic E-state index is -2.87. The van der Waals surface area contributed by atoms with Crippen LogP contribution in [0.2, 0.25) is 0 Å². The summed E-state index contributed by atoms with van der Waals surface area (Å²) in [6.45, 7) is 1.41. The van der Waals surface area contributed by atoms with E-state index in [2.05, 4.69) is 0 Å². The van der Waals surface area contributed by atoms with E-state index in [9.17, 15) is 13.2 Å². The Morgan fingerprint density at radius 3 is 2.40 bits per heavy atom. The zero-order valence-electron chi connectivity index (χ0n) is 8.36. The number of nitrogens with two attached hydrogens (primary N) is 1. The molecule has 1 aliphatic rings. The molecule has 0 saturated heterocycles. The molecule has 1 fully saturated rings. The molecule has 1 saturated carbocycles. The molecule has 82 valence electrons. The Labute approximate surface area is 86.1 Å². The third kappa shape index (κ3) is 1.28. The third-order valence-electron chi connectivity index (χ3n) is 3.15. The van der Waals surface area contributed by atoms with Gasteiger partial charge in [-0.05, 0) is 18.6 Å². The second-order valence-electron chi connectivity index (χ2n) is 4.10. The lowest BCUT2D eigenvalue weighted by atomic mass is 9.91. The quantitative estimate of drug-likeness (QED) is 0.805. The Bertz CT molecular complexity index is 383. The molecule has 0 aromatic heterocycles. The second kappa shape index (κ2) is 2.98. The van der Waals surface area contributed by atoms with Crippen molar-refractivity contribution in [3.05, 3.63) is 35.1 Å². The minimum Gasteiger partial charge on any atom is -0.329 e. The normalized spacial score (nSPS) is 27.8. The van der Waals surface area contributed by atoms with Gasteiger partial charge in [-0.2, -0.15) is 0 Å². The molecule has 1 atom stereocenters. The fourth-order valence-corrected chi connectivity index (χ4v) is 2.17. The fourth-order valence-electron chi connectivity index (χ4n) is 2.17. The molecular weight excluding hydrogens is 203 g/mol. The number of benzene rings is 1. The summed E-state index contributed by atoms with van der Waals surface area (Å²) in [6, 6.07) is 4.34. The van der Waals surface area contributed by atoms with Crippen molar-refractivity contribution in [3.63, 3.8) is 0 Å². The van der Waals surface area contributed by atoms with Crippen molar-refractivity contribution >= 4 is 0 Å². The molecule has 0 amide bonds. The van der Waals surface area contributed by atoms with Crippen LogP contribution in [0.3, 0.4) is 0 Å². The van der Waals surface area contributed by atoms with Crippen molar-refractivity contribution in [2.45, 2.75) is 24.7 Å². The van der Waals surface area contributed by atoms with Gasteiger partial charge in [0, 0.05) is 18.5 Å². The van der Waals surface area contributed by atoms with Gasteiger partial charge in [-0.25, -0.2) is 13.2 Å². The van der Waals surface area contributed by atoms with Crippen LogP contribution in [0.5, 0.6) is 0 Å². The Balaban J connectivity index is 2.55. The maximum Gasteiger partial charge on any atom is 0.260 e. The molecule has 0 bridgehead atoms. The average molecular weight is 215 g/mol. The van der Waals surface area contributed by atoms with Gasteiger partial charge in [0.05, 0.1) is 5.41 Å². The monoisotopic (exact) mass is 215 g/mol. The lowest BCUT2D eigenvalue weighted by molar-refractivity contribution is 0.0885. The van der Waals surface area contributed by atoms with Crippen molar-refractivity contribution in [3.8, 4) is 0 Å². The summed E-state index contributed by atoms with van der Waals surface area (Å²) in [5.41, 5.74) is 4.52. The van der Waals surface area contributed by atoms with Crippen LogP contribution >= 0.6 is 0 Å². The Hall–Kier alpha value is -1.03. The van der Waals surface area contributed by atoms with E-state index in [0.29, 0.717) is 5.56 Å². The summed E-state index contributed by atoms with van der Waals surface area (Å²) in [4.78, 5) is 0. The molecule has 1 nitrogen and oxygen atoms in total. The van der Waals surface area contributed by atoms with Crippen LogP contribution < -0.4 is 5.73 Å². The molecule has 0 heterocycles. The van der Waals surface area contributed by atoms with Gasteiger partial charge in [-0.1, -0.05) is 12.1 Å². The highest BCUT2D eigenvalue weighted by Gasteiger charge is 2.72. The zero-order valence-corrected chi connectivity index (χ0v) is 8.36. The van der Waals surface area contributed by atoms with Gasteiger partial charge in [0.1, 0.15) is 5.82 Å². The molecule has 2 N–H and O–H groups in total. The largest absolute Gasteiger partial charge is 0.329 e. The highest BCUT2D eigenvalue weighted by molar-refractivity contribution is 5.44. The fraction of sp³-hybridized carbons (Fsp3) is 0.455. The molecule has 1 unspecified atom stereocenters. The molecule has 0 aliphatic heterocycles. The van der Waals surface area contributed by atoms with Crippen LogP contribution in [0, 0.1) is 12.7 Å². The van der Waals surface area contributed by atoms with E-state index in [1.165, 1.54) is 12.1 Å². The number of rotatable bonds is 2. The summed E-state index contributed by atoms with van der Waals surface area (Å²) in [6.07, 6.45) is -0.349. The number of hydrogen-bond donors (Lipinski definition) is 1. The zero-order chi connectivity index (χ0) is 11.3. The van der Waals surface area contributed by atoms with E-state index < -0.39 is 17.2 Å². The predicted molar refractivity (Wildman–Crippen MR) is 51.4 cm³/mol. The van der Waals surface area contributed by atoms with Crippen LogP contribution in [0.4, 0.5) is 13.2 Å². The molecule has 0 radical (unpaired) electrons. The van der Waals surface area contributed by atoms with E-state index in [0.717, 1.165) is 0 Å². The Morgan fingerprint density at radius 2 is 2.00 bits per heavy atom. The SMILES string of the molecule is Cc1cccc(F)c1C1(CN)CC1(F)F. The molecule has 4 heteroatoms. The van der Waals surface area contributed by atoms with Crippen molar-refractivity contribution in [1.82, 2.24) is 0 Å². The van der Waals surface area contributed by atoms with Gasteiger partial charge in [-0.15, -0.1) is 0 Å². The second-order valence-corrected chi connectivity index (χ2v) is 4.10. The van der Waals surface area contributed by atoms with Crippen molar-refractivity contribution in [2.24, 2.45) is 5.73 Å². The van der Waals surface area contributed by atoms with Gasteiger partial charge < -0.3 is 5.73 Å². The molecule has 1 aliphatic carbocycles. The lowest BCUT2D eigenvalue weighted by Gasteiger charge is -2.17. The van der Waals surface area contributed by atoms with E-state index >= 15 is 0 Å². The topological polar surface area (TPSA) is 26.0 Å². The molecule has 2 rings (SSSR count). The smallest absolute Gasteiger partial charge is 0.260 e. The summed E-state index contributed by atoms with van der Waals surface area (Å²) in [7, 11) is 0. The number of halogens is 3. The molecule has 1 aromatic rings. The van der Waals surface area contributed by atoms with Gasteiger partial charge in [-0.3, -0.25) is 0 Å². The van der Waals surface area contributed by atoms with Crippen molar-refractivity contribution in [1.29, 1.82) is 0 Å². The van der Waals surface area contributed by atoms with E-state index in [1.54, 1.807) is 13.0 Å². The number of alkyl halides is 2. The maximum atomic E-state index is 13.5. The predicted octanol–water partition coefficient (Wildman–Crippen LogP) is 2.37. The van der Waals surface area contributed by atoms with Crippen molar-refractivity contribution in [2.75, 3.05) is 6.54 Å². The first-order chi connectivity index (χ1) is 6.94. The van der Waals surface area contributed by atoms with E-state index in [4.69, 9.17) is 5.73 Å². The Kier molecular flexibility index (Phi) is 2.08. The highest BCUT2D eigenvalue weighted by Crippen LogP contribution is 2.61. The summed E-state index contributed by atoms with van der Waals surface area (Å²) in [5.74, 6) is -3.45. The van der Waals surface area contributed by atoms with Crippen LogP contribution in [-0.2, 0) is 5.41 Å². The first-order valence-electron chi connectivity index (χ1n) is 4.78. The minimum absolute atomic E-state index is 0.0810. The first kappa shape index (κ1) is 10.5. The average Bonchev–Trinajstić information content (AvgIpc) is 2.69. The van der Waals surface area contributed by atoms with Crippen LogP contribution in [0.1, 0.15) is 17.5 Å². The number of aryl methyl sites for hydroxylation is 1. The van der Waals surface area contributed by atoms with Gasteiger partial charge >= 0.3 is 0 Å². The van der Waals surface area contributed by atoms with E-state index in [1.807, 2.05) is 0 Å². The highest BCUT2D eigenvalue weighted by atomic mass is 19.3. The number of hydrogen-bond acceptors (Lipinski definition) is 1. The van der Waals surface area contributed by atoms with Gasteiger partial charge in [0.15, 0.2) is 0 Å². The van der Waals surface area contributed by atoms with Crippen LogP contribution in [0.25, 0.3) is 0 Å². The van der Waals surface area contributed by atoms with Crippen molar-refractivity contribution < 1.29 is 13.2 Å². The van der Waals surface area contributed by atoms with Gasteiger partial charge in [0.2, 0.25) is 0 Å². The first-order valence-corrected chi connectivity index (χ1v) is 4.78. The summed E-state index contributed by atoms with van der Waals surface area (Å²) >= 11 is 0. The molecular formula is C11H12F3N. The molecule has 1 aromatic carbocycles. The molecule has 0 spiro atoms. The van der Waals surface area contributed by atoms with Gasteiger partial charge in [0.25, 0.3) is 5.92 Å². The molecule has 15 heavy (non-hydrogen) atoms. The standard InChI is InChI=1S/C11H12F3N/c1-7-3-2-4-8(12)9(7)10(6-15)5-11(10,13)14/h2-4H,5-6,15H2,1H3. The van der Waals surface area contributed by atoms with Crippen LogP contribution in [-0.4, -0.2) is 12.5 Å². The lowest BCUT2D eigenvalue weighted by Crippen LogP contribution is -2.28.